The minimum Gasteiger partial charge on any atom is -0.304 e. The first-order chi connectivity index (χ1) is 6.81. The predicted octanol–water partition coefficient (Wildman–Crippen LogP) is 2.48. The smallest absolute Gasteiger partial charge is 0.150 e. The summed E-state index contributed by atoms with van der Waals surface area (Å²) in [6, 6.07) is 3.54. The summed E-state index contributed by atoms with van der Waals surface area (Å²) in [7, 11) is 0. The highest BCUT2D eigenvalue weighted by Gasteiger charge is 1.98. The molecule has 0 saturated heterocycles. The molecule has 0 amide bonds. The number of pyridine rings is 1. The Balaban J connectivity index is 0.000000461. The second-order valence-electron chi connectivity index (χ2n) is 2.71. The molecule has 0 aliphatic rings. The van der Waals surface area contributed by atoms with Crippen LogP contribution in [0.3, 0.4) is 0 Å². The fourth-order valence-corrected chi connectivity index (χ4v) is 1.20. The molecule has 0 saturated carbocycles. The maximum Gasteiger partial charge on any atom is 0.150 e. The highest BCUT2D eigenvalue weighted by atomic mass is 16.1. The number of aldehydes is 1. The number of rotatable bonds is 1. The standard InChI is InChI=1S/C9H8N2O.C2H6/c1-7-5-10-9-4-8(6-12)2-3-11(7)9;1-2/h2-6H,1H3;1-2H3. The molecule has 2 rings (SSSR count). The average Bonchev–Trinajstić information content (AvgIpc) is 2.63. The van der Waals surface area contributed by atoms with Crippen molar-refractivity contribution in [1.82, 2.24) is 9.38 Å². The second-order valence-corrected chi connectivity index (χ2v) is 2.71. The van der Waals surface area contributed by atoms with Crippen molar-refractivity contribution in [3.05, 3.63) is 35.8 Å². The van der Waals surface area contributed by atoms with Gasteiger partial charge in [-0.05, 0) is 19.1 Å². The number of aromatic nitrogens is 2. The average molecular weight is 190 g/mol. The zero-order valence-corrected chi connectivity index (χ0v) is 8.69. The quantitative estimate of drug-likeness (QED) is 0.647. The van der Waals surface area contributed by atoms with E-state index in [0.717, 1.165) is 17.6 Å². The molecular weight excluding hydrogens is 176 g/mol. The molecule has 0 atom stereocenters. The van der Waals surface area contributed by atoms with Gasteiger partial charge in [0, 0.05) is 23.7 Å². The van der Waals surface area contributed by atoms with Crippen molar-refractivity contribution in [1.29, 1.82) is 0 Å². The molecule has 0 N–H and O–H groups in total. The molecular formula is C11H14N2O. The van der Waals surface area contributed by atoms with E-state index >= 15 is 0 Å². The van der Waals surface area contributed by atoms with Crippen LogP contribution < -0.4 is 0 Å². The lowest BCUT2D eigenvalue weighted by molar-refractivity contribution is 0.112. The highest BCUT2D eigenvalue weighted by molar-refractivity contribution is 5.76. The Labute approximate surface area is 83.4 Å². The third-order valence-electron chi connectivity index (χ3n) is 1.86. The van der Waals surface area contributed by atoms with Crippen molar-refractivity contribution < 1.29 is 4.79 Å². The van der Waals surface area contributed by atoms with Crippen LogP contribution in [-0.4, -0.2) is 15.7 Å². The van der Waals surface area contributed by atoms with Crippen LogP contribution in [0.25, 0.3) is 5.65 Å². The molecule has 74 valence electrons. The Morgan fingerprint density at radius 2 is 2.14 bits per heavy atom. The number of hydrogen-bond acceptors (Lipinski definition) is 2. The van der Waals surface area contributed by atoms with Gasteiger partial charge in [-0.15, -0.1) is 0 Å². The molecule has 0 unspecified atom stereocenters. The van der Waals surface area contributed by atoms with E-state index in [-0.39, 0.29) is 0 Å². The molecule has 3 nitrogen and oxygen atoms in total. The number of carbonyl (C=O) groups is 1. The van der Waals surface area contributed by atoms with E-state index in [4.69, 9.17) is 0 Å². The van der Waals surface area contributed by atoms with E-state index in [1.807, 2.05) is 31.4 Å². The van der Waals surface area contributed by atoms with Crippen LogP contribution in [0.4, 0.5) is 0 Å². The lowest BCUT2D eigenvalue weighted by atomic mass is 10.3. The number of nitrogens with zero attached hydrogens (tertiary/aromatic N) is 2. The van der Waals surface area contributed by atoms with Gasteiger partial charge in [0.15, 0.2) is 0 Å². The van der Waals surface area contributed by atoms with Gasteiger partial charge in [0.1, 0.15) is 11.9 Å². The number of aryl methyl sites for hydroxylation is 1. The Hall–Kier alpha value is -1.64. The van der Waals surface area contributed by atoms with E-state index in [0.29, 0.717) is 5.56 Å². The lowest BCUT2D eigenvalue weighted by Gasteiger charge is -1.95. The van der Waals surface area contributed by atoms with Crippen molar-refractivity contribution in [2.75, 3.05) is 0 Å². The number of imidazole rings is 1. The van der Waals surface area contributed by atoms with Crippen LogP contribution in [0.2, 0.25) is 0 Å². The molecule has 0 spiro atoms. The molecule has 2 aromatic heterocycles. The highest BCUT2D eigenvalue weighted by Crippen LogP contribution is 2.06. The SMILES string of the molecule is CC.Cc1cnc2cc(C=O)ccn12. The van der Waals surface area contributed by atoms with Crippen LogP contribution in [0.1, 0.15) is 29.9 Å². The van der Waals surface area contributed by atoms with Crippen molar-refractivity contribution in [3.63, 3.8) is 0 Å². The Kier molecular flexibility index (Phi) is 3.40. The third-order valence-corrected chi connectivity index (χ3v) is 1.86. The van der Waals surface area contributed by atoms with Gasteiger partial charge in [0.05, 0.1) is 0 Å². The molecule has 0 aromatic carbocycles. The summed E-state index contributed by atoms with van der Waals surface area (Å²) < 4.78 is 1.94. The first kappa shape index (κ1) is 10.4. The molecule has 0 aliphatic carbocycles. The van der Waals surface area contributed by atoms with Gasteiger partial charge in [-0.1, -0.05) is 13.8 Å². The maximum atomic E-state index is 10.4. The fourth-order valence-electron chi connectivity index (χ4n) is 1.20. The molecule has 14 heavy (non-hydrogen) atoms. The van der Waals surface area contributed by atoms with Crippen molar-refractivity contribution in [3.8, 4) is 0 Å². The molecule has 0 aliphatic heterocycles. The van der Waals surface area contributed by atoms with Crippen LogP contribution in [-0.2, 0) is 0 Å². The first-order valence-corrected chi connectivity index (χ1v) is 4.70. The predicted molar refractivity (Wildman–Crippen MR) is 56.7 cm³/mol. The van der Waals surface area contributed by atoms with Crippen molar-refractivity contribution in [2.45, 2.75) is 20.8 Å². The minimum absolute atomic E-state index is 0.660. The Morgan fingerprint density at radius 1 is 1.43 bits per heavy atom. The van der Waals surface area contributed by atoms with E-state index in [9.17, 15) is 4.79 Å². The van der Waals surface area contributed by atoms with Crippen LogP contribution in [0.5, 0.6) is 0 Å². The second kappa shape index (κ2) is 4.56. The first-order valence-electron chi connectivity index (χ1n) is 4.70. The molecule has 2 heterocycles. The van der Waals surface area contributed by atoms with Crippen molar-refractivity contribution >= 4 is 11.9 Å². The summed E-state index contributed by atoms with van der Waals surface area (Å²) in [4.78, 5) is 14.6. The normalized spacial score (nSPS) is 9.36. The van der Waals surface area contributed by atoms with E-state index in [2.05, 4.69) is 4.98 Å². The van der Waals surface area contributed by atoms with Gasteiger partial charge in [-0.25, -0.2) is 4.98 Å². The number of carbonyl (C=O) groups excluding carboxylic acids is 1. The molecule has 0 fully saturated rings. The zero-order valence-electron chi connectivity index (χ0n) is 8.69. The number of fused-ring (bicyclic) bond motifs is 1. The van der Waals surface area contributed by atoms with Gasteiger partial charge in [0.2, 0.25) is 0 Å². The zero-order chi connectivity index (χ0) is 10.6. The van der Waals surface area contributed by atoms with Gasteiger partial charge in [0.25, 0.3) is 0 Å². The van der Waals surface area contributed by atoms with E-state index in [1.54, 1.807) is 18.3 Å². The lowest BCUT2D eigenvalue weighted by Crippen LogP contribution is -1.88. The summed E-state index contributed by atoms with van der Waals surface area (Å²) in [5.74, 6) is 0. The molecule has 3 heteroatoms. The third kappa shape index (κ3) is 1.82. The molecule has 2 aromatic rings. The summed E-state index contributed by atoms with van der Waals surface area (Å²) in [6.45, 7) is 5.97. The topological polar surface area (TPSA) is 34.4 Å². The van der Waals surface area contributed by atoms with Gasteiger partial charge in [-0.3, -0.25) is 4.79 Å². The Bertz CT molecular complexity index is 432. The van der Waals surface area contributed by atoms with Crippen LogP contribution in [0, 0.1) is 6.92 Å². The van der Waals surface area contributed by atoms with Crippen LogP contribution >= 0.6 is 0 Å². The summed E-state index contributed by atoms with van der Waals surface area (Å²) in [6.07, 6.45) is 4.45. The summed E-state index contributed by atoms with van der Waals surface area (Å²) in [5, 5.41) is 0. The summed E-state index contributed by atoms with van der Waals surface area (Å²) in [5.41, 5.74) is 2.55. The fraction of sp³-hybridized carbons (Fsp3) is 0.273. The van der Waals surface area contributed by atoms with Gasteiger partial charge < -0.3 is 4.40 Å². The largest absolute Gasteiger partial charge is 0.304 e. The van der Waals surface area contributed by atoms with E-state index in [1.165, 1.54) is 0 Å². The molecule has 0 bridgehead atoms. The monoisotopic (exact) mass is 190 g/mol. The molecule has 0 radical (unpaired) electrons. The van der Waals surface area contributed by atoms with Gasteiger partial charge in [-0.2, -0.15) is 0 Å². The van der Waals surface area contributed by atoms with Crippen LogP contribution in [0.15, 0.2) is 24.5 Å². The Morgan fingerprint density at radius 3 is 2.79 bits per heavy atom. The maximum absolute atomic E-state index is 10.4. The summed E-state index contributed by atoms with van der Waals surface area (Å²) >= 11 is 0. The minimum atomic E-state index is 0.660. The number of hydrogen-bond donors (Lipinski definition) is 0. The van der Waals surface area contributed by atoms with Crippen molar-refractivity contribution in [2.24, 2.45) is 0 Å². The van der Waals surface area contributed by atoms with E-state index < -0.39 is 0 Å². The van der Waals surface area contributed by atoms with Gasteiger partial charge >= 0.3 is 0 Å².